The quantitative estimate of drug-likeness (QED) is 0.333. The number of carbonyl (C=O) groups is 2. The van der Waals surface area contributed by atoms with Crippen LogP contribution in [0.5, 0.6) is 0 Å². The summed E-state index contributed by atoms with van der Waals surface area (Å²) >= 11 is 0. The number of carbonyl (C=O) groups excluding carboxylic acids is 2. The Hall–Kier alpha value is -2.89. The molecule has 10 heteroatoms. The van der Waals surface area contributed by atoms with Gasteiger partial charge in [0.25, 0.3) is 18.0 Å². The van der Waals surface area contributed by atoms with Gasteiger partial charge in [0.05, 0.1) is 6.61 Å². The predicted octanol–water partition coefficient (Wildman–Crippen LogP) is -0.871. The van der Waals surface area contributed by atoms with Gasteiger partial charge in [0, 0.05) is 30.4 Å². The number of likely N-dealkylation sites (N-methyl/N-ethyl adjacent to an activating group) is 1. The maximum atomic E-state index is 12.7. The lowest BCUT2D eigenvalue weighted by Gasteiger charge is -2.11. The maximum Gasteiger partial charge on any atom is 0.292 e. The van der Waals surface area contributed by atoms with Gasteiger partial charge in [-0.25, -0.2) is 0 Å². The van der Waals surface area contributed by atoms with E-state index in [0.29, 0.717) is 23.4 Å². The van der Waals surface area contributed by atoms with E-state index in [4.69, 9.17) is 4.74 Å². The second-order valence-electron chi connectivity index (χ2n) is 7.86. The highest BCUT2D eigenvalue weighted by Gasteiger charge is 2.48. The van der Waals surface area contributed by atoms with E-state index in [2.05, 4.69) is 10.6 Å². The molecule has 0 radical (unpaired) electrons. The third-order valence-corrected chi connectivity index (χ3v) is 5.14. The van der Waals surface area contributed by atoms with Crippen LogP contribution in [0.15, 0.2) is 48.8 Å². The van der Waals surface area contributed by atoms with Gasteiger partial charge in [0.2, 0.25) is 0 Å². The molecule has 1 fully saturated rings. The number of aliphatic hydroxyl groups is 3. The highest BCUT2D eigenvalue weighted by molar-refractivity contribution is 6.04. The lowest BCUT2D eigenvalue weighted by Crippen LogP contribution is -2.46. The van der Waals surface area contributed by atoms with E-state index in [1.54, 1.807) is 42.6 Å². The van der Waals surface area contributed by atoms with Gasteiger partial charge >= 0.3 is 0 Å². The minimum Gasteiger partial charge on any atom is -0.394 e. The van der Waals surface area contributed by atoms with Crippen molar-refractivity contribution in [1.82, 2.24) is 10.2 Å². The molecule has 0 unspecified atom stereocenters. The second kappa shape index (κ2) is 10.6. The third-order valence-electron chi connectivity index (χ3n) is 5.14. The van der Waals surface area contributed by atoms with E-state index in [0.717, 1.165) is 6.54 Å². The number of nitrogens with zero attached hydrogens (tertiary/aromatic N) is 2. The van der Waals surface area contributed by atoms with Crippen molar-refractivity contribution < 1.29 is 34.2 Å². The van der Waals surface area contributed by atoms with Crippen molar-refractivity contribution in [2.45, 2.75) is 24.5 Å². The first-order valence-electron chi connectivity index (χ1n) is 10.3. The molecule has 0 aliphatic carbocycles. The smallest absolute Gasteiger partial charge is 0.292 e. The molecule has 1 aromatic carbocycles. The van der Waals surface area contributed by atoms with Crippen LogP contribution in [0.1, 0.15) is 26.9 Å². The average Bonchev–Trinajstić information content (AvgIpc) is 3.08. The monoisotopic (exact) mass is 445 g/mol. The molecule has 0 saturated carbocycles. The van der Waals surface area contributed by atoms with E-state index in [1.807, 2.05) is 19.0 Å². The first kappa shape index (κ1) is 23.8. The lowest BCUT2D eigenvalue weighted by atomic mass is 10.1. The van der Waals surface area contributed by atoms with Crippen molar-refractivity contribution in [2.24, 2.45) is 0 Å². The number of nitrogens with one attached hydrogen (secondary N) is 2. The van der Waals surface area contributed by atoms with E-state index in [-0.39, 0.29) is 5.91 Å². The number of ether oxygens (including phenoxy) is 1. The van der Waals surface area contributed by atoms with Crippen LogP contribution in [0.25, 0.3) is 0 Å². The molecule has 2 heterocycles. The Morgan fingerprint density at radius 1 is 1.06 bits per heavy atom. The number of pyridine rings is 1. The number of anilines is 1. The molecular formula is C22H29N4O6+. The number of benzene rings is 1. The lowest BCUT2D eigenvalue weighted by molar-refractivity contribution is -0.765. The summed E-state index contributed by atoms with van der Waals surface area (Å²) < 4.78 is 6.96. The van der Waals surface area contributed by atoms with Gasteiger partial charge in [0.1, 0.15) is 17.8 Å². The van der Waals surface area contributed by atoms with Gasteiger partial charge in [-0.2, -0.15) is 4.57 Å². The predicted molar refractivity (Wildman–Crippen MR) is 115 cm³/mol. The molecule has 1 aliphatic heterocycles. The molecule has 3 rings (SSSR count). The van der Waals surface area contributed by atoms with Gasteiger partial charge < -0.3 is 35.6 Å². The summed E-state index contributed by atoms with van der Waals surface area (Å²) in [4.78, 5) is 26.8. The summed E-state index contributed by atoms with van der Waals surface area (Å²) in [6, 6.07) is 9.75. The summed E-state index contributed by atoms with van der Waals surface area (Å²) in [6.45, 7) is 0.840. The molecule has 1 aromatic heterocycles. The van der Waals surface area contributed by atoms with E-state index >= 15 is 0 Å². The van der Waals surface area contributed by atoms with Crippen LogP contribution >= 0.6 is 0 Å². The van der Waals surface area contributed by atoms with Gasteiger partial charge in [-0.15, -0.1) is 0 Å². The van der Waals surface area contributed by atoms with E-state index in [9.17, 15) is 24.9 Å². The number of hydrogen-bond acceptors (Lipinski definition) is 7. The molecule has 32 heavy (non-hydrogen) atoms. The Balaban J connectivity index is 1.63. The molecule has 0 bridgehead atoms. The van der Waals surface area contributed by atoms with E-state index < -0.39 is 37.1 Å². The fourth-order valence-electron chi connectivity index (χ4n) is 3.32. The molecule has 172 valence electrons. The van der Waals surface area contributed by atoms with Crippen LogP contribution in [0.4, 0.5) is 5.69 Å². The minimum atomic E-state index is -1.24. The summed E-state index contributed by atoms with van der Waals surface area (Å²) in [5.41, 5.74) is 1.31. The Labute approximate surface area is 186 Å². The summed E-state index contributed by atoms with van der Waals surface area (Å²) in [6.07, 6.45) is -1.22. The number of rotatable bonds is 8. The van der Waals surface area contributed by atoms with Gasteiger partial charge in [0.15, 0.2) is 18.5 Å². The van der Waals surface area contributed by atoms with Crippen LogP contribution in [0.2, 0.25) is 0 Å². The van der Waals surface area contributed by atoms with Gasteiger partial charge in [-0.1, -0.05) is 0 Å². The van der Waals surface area contributed by atoms with Crippen LogP contribution in [-0.4, -0.2) is 84.1 Å². The number of amides is 2. The van der Waals surface area contributed by atoms with Crippen LogP contribution in [0, 0.1) is 0 Å². The molecule has 1 saturated heterocycles. The SMILES string of the molecule is CN(C)CCNC(=O)c1ccc(NC(=O)c2ccc[n+]([C@@H]3O[C@H](CO)[C@@H](O)[C@H]3O)c2)cc1. The first-order valence-corrected chi connectivity index (χ1v) is 10.3. The Morgan fingerprint density at radius 2 is 1.78 bits per heavy atom. The summed E-state index contributed by atoms with van der Waals surface area (Å²) in [5.74, 6) is -0.582. The maximum absolute atomic E-state index is 12.7. The fraction of sp³-hybridized carbons (Fsp3) is 0.409. The molecule has 2 aromatic rings. The second-order valence-corrected chi connectivity index (χ2v) is 7.86. The normalized spacial score (nSPS) is 22.7. The Kier molecular flexibility index (Phi) is 7.89. The van der Waals surface area contributed by atoms with E-state index in [1.165, 1.54) is 10.8 Å². The average molecular weight is 445 g/mol. The van der Waals surface area contributed by atoms with Crippen molar-refractivity contribution >= 4 is 17.5 Å². The van der Waals surface area contributed by atoms with Gasteiger partial charge in [-0.3, -0.25) is 9.59 Å². The zero-order valence-electron chi connectivity index (χ0n) is 18.0. The number of aliphatic hydroxyl groups excluding tert-OH is 3. The zero-order valence-corrected chi connectivity index (χ0v) is 18.0. The number of aromatic nitrogens is 1. The molecule has 5 N–H and O–H groups in total. The van der Waals surface area contributed by atoms with Crippen LogP contribution < -0.4 is 15.2 Å². The third kappa shape index (κ3) is 5.67. The standard InChI is InChI=1S/C22H28N4O6/c1-25(2)11-9-23-20(30)14-5-7-16(8-6-14)24-21(31)15-4-3-10-26(12-15)22-19(29)18(28)17(13-27)32-22/h3-8,10,12,17-19,22,27-29H,9,11,13H2,1-2H3,(H-,23,24,30,31)/p+1/t17-,18-,19-,22-/m1/s1. The van der Waals surface area contributed by atoms with Crippen molar-refractivity contribution in [3.05, 3.63) is 59.9 Å². The van der Waals surface area contributed by atoms with Crippen LogP contribution in [-0.2, 0) is 4.74 Å². The topological polar surface area (TPSA) is 135 Å². The van der Waals surface area contributed by atoms with Crippen molar-refractivity contribution in [1.29, 1.82) is 0 Å². The van der Waals surface area contributed by atoms with Crippen molar-refractivity contribution in [2.75, 3.05) is 39.1 Å². The zero-order chi connectivity index (χ0) is 23.3. The Morgan fingerprint density at radius 3 is 2.41 bits per heavy atom. The van der Waals surface area contributed by atoms with Crippen molar-refractivity contribution in [3.63, 3.8) is 0 Å². The molecular weight excluding hydrogens is 416 g/mol. The molecule has 10 nitrogen and oxygen atoms in total. The van der Waals surface area contributed by atoms with Crippen LogP contribution in [0.3, 0.4) is 0 Å². The summed E-state index contributed by atoms with van der Waals surface area (Å²) in [7, 11) is 3.85. The molecule has 4 atom stereocenters. The minimum absolute atomic E-state index is 0.188. The molecule has 1 aliphatic rings. The number of hydrogen-bond donors (Lipinski definition) is 5. The largest absolute Gasteiger partial charge is 0.394 e. The first-order chi connectivity index (χ1) is 15.3. The van der Waals surface area contributed by atoms with Gasteiger partial charge in [-0.05, 0) is 44.4 Å². The highest BCUT2D eigenvalue weighted by Crippen LogP contribution is 2.25. The fourth-order valence-corrected chi connectivity index (χ4v) is 3.32. The Bertz CT molecular complexity index is 936. The van der Waals surface area contributed by atoms with Crippen molar-refractivity contribution in [3.8, 4) is 0 Å². The molecule has 0 spiro atoms. The highest BCUT2D eigenvalue weighted by atomic mass is 16.6. The molecule has 2 amide bonds. The summed E-state index contributed by atoms with van der Waals surface area (Å²) in [5, 5.41) is 35.0.